The zero-order chi connectivity index (χ0) is 19.7. The largest absolute Gasteiger partial charge is 0.466 e. The lowest BCUT2D eigenvalue weighted by molar-refractivity contribution is -0.146. The Kier molecular flexibility index (Phi) is 5.51. The molecule has 4 rings (SSSR count). The van der Waals surface area contributed by atoms with Gasteiger partial charge in [-0.2, -0.15) is 0 Å². The van der Waals surface area contributed by atoms with Crippen LogP contribution in [-0.4, -0.2) is 36.5 Å². The van der Waals surface area contributed by atoms with E-state index in [1.54, 1.807) is 18.4 Å². The molecule has 5 nitrogen and oxygen atoms in total. The summed E-state index contributed by atoms with van der Waals surface area (Å²) in [5, 5.41) is 0. The zero-order valence-electron chi connectivity index (χ0n) is 16.2. The molecule has 1 amide bonds. The van der Waals surface area contributed by atoms with Crippen molar-refractivity contribution in [2.24, 2.45) is 0 Å². The molecule has 148 valence electrons. The van der Waals surface area contributed by atoms with Crippen LogP contribution < -0.4 is 0 Å². The van der Waals surface area contributed by atoms with Crippen molar-refractivity contribution in [3.05, 3.63) is 57.3 Å². The molecule has 1 aromatic carbocycles. The Morgan fingerprint density at radius 2 is 2.04 bits per heavy atom. The molecule has 1 aromatic heterocycles. The smallest absolute Gasteiger partial charge is 0.311 e. The number of methoxy groups -OCH3 is 1. The van der Waals surface area contributed by atoms with Crippen LogP contribution in [-0.2, 0) is 31.9 Å². The van der Waals surface area contributed by atoms with Crippen molar-refractivity contribution in [2.45, 2.75) is 50.8 Å². The number of carbonyl (C=O) groups is 2. The number of esters is 1. The highest BCUT2D eigenvalue weighted by Gasteiger charge is 2.45. The van der Waals surface area contributed by atoms with E-state index < -0.39 is 6.10 Å². The van der Waals surface area contributed by atoms with Crippen LogP contribution in [0.5, 0.6) is 0 Å². The molecule has 0 aliphatic carbocycles. The number of amides is 1. The molecule has 2 aliphatic rings. The summed E-state index contributed by atoms with van der Waals surface area (Å²) in [6.07, 6.45) is 2.56. The standard InChI is InChI=1S/C22H25NO4S/c1-3-27-20(24)13-16-12-17-18-10-9-15(11-19(17)28-16)23(18)22(25)21(26-2)14-7-5-4-6-8-14/h4-8,12,15,18,21H,3,9-11,13H2,1-2H3/t15?,18?,21-/m0/s1. The van der Waals surface area contributed by atoms with E-state index in [1.807, 2.05) is 42.2 Å². The van der Waals surface area contributed by atoms with Crippen LogP contribution in [0.25, 0.3) is 0 Å². The maximum atomic E-state index is 13.4. The minimum absolute atomic E-state index is 0.0324. The Balaban J connectivity index is 1.57. The fraction of sp³-hybridized carbons (Fsp3) is 0.455. The lowest BCUT2D eigenvalue weighted by Crippen LogP contribution is -2.44. The van der Waals surface area contributed by atoms with Crippen LogP contribution in [0.2, 0.25) is 0 Å². The van der Waals surface area contributed by atoms with Gasteiger partial charge in [0.05, 0.1) is 19.1 Å². The van der Waals surface area contributed by atoms with E-state index >= 15 is 0 Å². The predicted octanol–water partition coefficient (Wildman–Crippen LogP) is 3.83. The van der Waals surface area contributed by atoms with Crippen molar-refractivity contribution in [2.75, 3.05) is 13.7 Å². The molecule has 0 radical (unpaired) electrons. The van der Waals surface area contributed by atoms with Crippen molar-refractivity contribution >= 4 is 23.2 Å². The van der Waals surface area contributed by atoms with Gasteiger partial charge in [-0.15, -0.1) is 11.3 Å². The van der Waals surface area contributed by atoms with Gasteiger partial charge in [-0.3, -0.25) is 9.59 Å². The van der Waals surface area contributed by atoms with Crippen molar-refractivity contribution in [1.29, 1.82) is 0 Å². The fourth-order valence-electron chi connectivity index (χ4n) is 4.46. The Labute approximate surface area is 169 Å². The molecule has 3 atom stereocenters. The average Bonchev–Trinajstić information content (AvgIpc) is 3.24. The third-order valence-electron chi connectivity index (χ3n) is 5.62. The van der Waals surface area contributed by atoms with Gasteiger partial charge >= 0.3 is 5.97 Å². The van der Waals surface area contributed by atoms with Crippen molar-refractivity contribution < 1.29 is 19.1 Å². The van der Waals surface area contributed by atoms with E-state index in [0.717, 1.165) is 29.7 Å². The quantitative estimate of drug-likeness (QED) is 0.693. The van der Waals surface area contributed by atoms with E-state index in [-0.39, 0.29) is 24.0 Å². The fourth-order valence-corrected chi connectivity index (χ4v) is 5.74. The third-order valence-corrected chi connectivity index (χ3v) is 6.79. The van der Waals surface area contributed by atoms with Gasteiger partial charge in [0.15, 0.2) is 6.10 Å². The first-order chi connectivity index (χ1) is 13.6. The van der Waals surface area contributed by atoms with Gasteiger partial charge in [0, 0.05) is 29.3 Å². The van der Waals surface area contributed by atoms with Gasteiger partial charge in [0.2, 0.25) is 0 Å². The highest BCUT2D eigenvalue weighted by Crippen LogP contribution is 2.47. The molecule has 2 aromatic rings. The maximum absolute atomic E-state index is 13.4. The molecule has 3 heterocycles. The molecule has 28 heavy (non-hydrogen) atoms. The first kappa shape index (κ1) is 19.2. The number of nitrogens with zero attached hydrogens (tertiary/aromatic N) is 1. The Morgan fingerprint density at radius 3 is 2.75 bits per heavy atom. The summed E-state index contributed by atoms with van der Waals surface area (Å²) in [5.74, 6) is -0.160. The maximum Gasteiger partial charge on any atom is 0.311 e. The van der Waals surface area contributed by atoms with Crippen molar-refractivity contribution in [3.8, 4) is 0 Å². The Bertz CT molecular complexity index is 863. The summed E-state index contributed by atoms with van der Waals surface area (Å²) in [5.41, 5.74) is 2.09. The summed E-state index contributed by atoms with van der Waals surface area (Å²) >= 11 is 1.69. The number of rotatable bonds is 6. The number of carbonyl (C=O) groups excluding carboxylic acids is 2. The number of hydrogen-bond donors (Lipinski definition) is 0. The number of fused-ring (bicyclic) bond motifs is 4. The van der Waals surface area contributed by atoms with Crippen LogP contribution >= 0.6 is 11.3 Å². The van der Waals surface area contributed by atoms with Crippen molar-refractivity contribution in [3.63, 3.8) is 0 Å². The molecule has 0 saturated carbocycles. The molecule has 2 unspecified atom stereocenters. The van der Waals surface area contributed by atoms with E-state index in [4.69, 9.17) is 9.47 Å². The molecule has 0 N–H and O–H groups in total. The molecule has 2 aliphatic heterocycles. The second-order valence-electron chi connectivity index (χ2n) is 7.30. The SMILES string of the molecule is CCOC(=O)Cc1cc2c(s1)CC1CCC2N1C(=O)[C@@H](OC)c1ccccc1. The van der Waals surface area contributed by atoms with Crippen LogP contribution in [0.4, 0.5) is 0 Å². The van der Waals surface area contributed by atoms with E-state index in [9.17, 15) is 9.59 Å². The Morgan fingerprint density at radius 1 is 1.25 bits per heavy atom. The van der Waals surface area contributed by atoms with E-state index in [1.165, 1.54) is 10.4 Å². The lowest BCUT2D eigenvalue weighted by atomic mass is 9.98. The second kappa shape index (κ2) is 8.05. The molecule has 6 heteroatoms. The van der Waals surface area contributed by atoms with Crippen LogP contribution in [0, 0.1) is 0 Å². The van der Waals surface area contributed by atoms with E-state index in [2.05, 4.69) is 6.07 Å². The molecular formula is C22H25NO4S. The minimum Gasteiger partial charge on any atom is -0.466 e. The molecule has 1 saturated heterocycles. The van der Waals surface area contributed by atoms with Gasteiger partial charge in [-0.1, -0.05) is 30.3 Å². The van der Waals surface area contributed by atoms with Crippen molar-refractivity contribution in [1.82, 2.24) is 4.90 Å². The number of ether oxygens (including phenoxy) is 2. The van der Waals surface area contributed by atoms with Gasteiger partial charge in [0.25, 0.3) is 5.91 Å². The first-order valence-corrected chi connectivity index (χ1v) is 10.6. The van der Waals surface area contributed by atoms with Gasteiger partial charge in [0.1, 0.15) is 0 Å². The molecule has 1 fully saturated rings. The summed E-state index contributed by atoms with van der Waals surface area (Å²) in [4.78, 5) is 29.6. The second-order valence-corrected chi connectivity index (χ2v) is 8.52. The summed E-state index contributed by atoms with van der Waals surface area (Å²) < 4.78 is 10.7. The highest BCUT2D eigenvalue weighted by atomic mass is 32.1. The lowest BCUT2D eigenvalue weighted by Gasteiger charge is -2.37. The predicted molar refractivity (Wildman–Crippen MR) is 107 cm³/mol. The van der Waals surface area contributed by atoms with Crippen LogP contribution in [0.3, 0.4) is 0 Å². The Hall–Kier alpha value is -2.18. The summed E-state index contributed by atoms with van der Waals surface area (Å²) in [6, 6.07) is 12.1. The minimum atomic E-state index is -0.580. The van der Waals surface area contributed by atoms with E-state index in [0.29, 0.717) is 13.0 Å². The third kappa shape index (κ3) is 3.47. The van der Waals surface area contributed by atoms with Crippen LogP contribution in [0.15, 0.2) is 36.4 Å². The number of thiophene rings is 1. The highest BCUT2D eigenvalue weighted by molar-refractivity contribution is 7.12. The normalized spacial score (nSPS) is 21.3. The number of benzene rings is 1. The van der Waals surface area contributed by atoms with Crippen LogP contribution in [0.1, 0.15) is 52.8 Å². The topological polar surface area (TPSA) is 55.8 Å². The first-order valence-electron chi connectivity index (χ1n) is 9.79. The van der Waals surface area contributed by atoms with Gasteiger partial charge < -0.3 is 14.4 Å². The monoisotopic (exact) mass is 399 g/mol. The summed E-state index contributed by atoms with van der Waals surface area (Å²) in [6.45, 7) is 2.22. The molecule has 2 bridgehead atoms. The summed E-state index contributed by atoms with van der Waals surface area (Å²) in [7, 11) is 1.59. The van der Waals surface area contributed by atoms with Gasteiger partial charge in [-0.25, -0.2) is 0 Å². The molecular weight excluding hydrogens is 374 g/mol. The number of hydrogen-bond acceptors (Lipinski definition) is 5. The average molecular weight is 400 g/mol. The zero-order valence-corrected chi connectivity index (χ0v) is 17.0. The van der Waals surface area contributed by atoms with Gasteiger partial charge in [-0.05, 0) is 37.0 Å². The molecule has 0 spiro atoms.